The van der Waals surface area contributed by atoms with E-state index in [1.165, 1.54) is 11.3 Å². The molecule has 2 rings (SSSR count). The van der Waals surface area contributed by atoms with Crippen LogP contribution in [0, 0.1) is 0 Å². The average molecular weight is 319 g/mol. The summed E-state index contributed by atoms with van der Waals surface area (Å²) in [5.41, 5.74) is 1.13. The standard InChI is InChI=1S/C15H17N3O3S/c1-2-4-12(14(20)21)18-13(19)10-5-3-6-11(9-10)17-15-16-7-8-22-15/h3,5-9,12H,2,4H2,1H3,(H,16,17)(H,18,19)(H,20,21). The van der Waals surface area contributed by atoms with E-state index < -0.39 is 17.9 Å². The van der Waals surface area contributed by atoms with Gasteiger partial charge in [-0.25, -0.2) is 9.78 Å². The van der Waals surface area contributed by atoms with Gasteiger partial charge in [-0.15, -0.1) is 11.3 Å². The molecule has 0 saturated heterocycles. The lowest BCUT2D eigenvalue weighted by Gasteiger charge is -2.14. The number of anilines is 2. The minimum atomic E-state index is -1.02. The highest BCUT2D eigenvalue weighted by atomic mass is 32.1. The smallest absolute Gasteiger partial charge is 0.326 e. The molecule has 1 aromatic heterocycles. The molecule has 0 aliphatic rings. The number of carbonyl (C=O) groups is 2. The lowest BCUT2D eigenvalue weighted by molar-refractivity contribution is -0.139. The third-order valence-electron chi connectivity index (χ3n) is 2.99. The third kappa shape index (κ3) is 4.29. The van der Waals surface area contributed by atoms with Crippen LogP contribution in [0.1, 0.15) is 30.1 Å². The van der Waals surface area contributed by atoms with Gasteiger partial charge in [-0.1, -0.05) is 19.4 Å². The largest absolute Gasteiger partial charge is 0.480 e. The first-order chi connectivity index (χ1) is 10.6. The molecule has 2 aromatic rings. The van der Waals surface area contributed by atoms with Crippen molar-refractivity contribution < 1.29 is 14.7 Å². The number of aromatic nitrogens is 1. The van der Waals surface area contributed by atoms with Gasteiger partial charge in [0.25, 0.3) is 5.91 Å². The molecule has 22 heavy (non-hydrogen) atoms. The highest BCUT2D eigenvalue weighted by Crippen LogP contribution is 2.19. The van der Waals surface area contributed by atoms with Gasteiger partial charge in [0.2, 0.25) is 0 Å². The molecule has 0 saturated carbocycles. The van der Waals surface area contributed by atoms with Gasteiger partial charge < -0.3 is 15.7 Å². The van der Waals surface area contributed by atoms with Crippen LogP contribution in [-0.2, 0) is 4.79 Å². The number of carboxylic acids is 1. The van der Waals surface area contributed by atoms with Gasteiger partial charge in [0.1, 0.15) is 6.04 Å². The van der Waals surface area contributed by atoms with Crippen molar-refractivity contribution in [2.75, 3.05) is 5.32 Å². The number of hydrogen-bond acceptors (Lipinski definition) is 5. The number of benzene rings is 1. The van der Waals surface area contributed by atoms with Crippen molar-refractivity contribution in [3.8, 4) is 0 Å². The number of thiazole rings is 1. The SMILES string of the molecule is CCCC(NC(=O)c1cccc(Nc2nccs2)c1)C(=O)O. The fourth-order valence-electron chi connectivity index (χ4n) is 1.93. The van der Waals surface area contributed by atoms with E-state index in [9.17, 15) is 9.59 Å². The lowest BCUT2D eigenvalue weighted by Crippen LogP contribution is -2.40. The van der Waals surface area contributed by atoms with Gasteiger partial charge in [0, 0.05) is 22.8 Å². The molecule has 7 heteroatoms. The molecule has 116 valence electrons. The van der Waals surface area contributed by atoms with Crippen LogP contribution in [0.5, 0.6) is 0 Å². The Labute approximate surface area is 132 Å². The Morgan fingerprint density at radius 1 is 1.41 bits per heavy atom. The first kappa shape index (κ1) is 16.0. The van der Waals surface area contributed by atoms with E-state index in [-0.39, 0.29) is 0 Å². The van der Waals surface area contributed by atoms with Gasteiger partial charge in [-0.05, 0) is 24.6 Å². The number of amides is 1. The number of nitrogens with zero attached hydrogens (tertiary/aromatic N) is 1. The number of carboxylic acid groups (broad SMARTS) is 1. The van der Waals surface area contributed by atoms with Crippen LogP contribution in [0.15, 0.2) is 35.8 Å². The van der Waals surface area contributed by atoms with Crippen molar-refractivity contribution in [3.63, 3.8) is 0 Å². The van der Waals surface area contributed by atoms with Crippen LogP contribution in [0.4, 0.5) is 10.8 Å². The molecule has 1 heterocycles. The molecule has 1 aromatic carbocycles. The fraction of sp³-hybridized carbons (Fsp3) is 0.267. The van der Waals surface area contributed by atoms with Crippen molar-refractivity contribution in [2.24, 2.45) is 0 Å². The summed E-state index contributed by atoms with van der Waals surface area (Å²) in [6, 6.07) is 6.00. The molecule has 0 fully saturated rings. The van der Waals surface area contributed by atoms with E-state index in [4.69, 9.17) is 5.11 Å². The van der Waals surface area contributed by atoms with Crippen molar-refractivity contribution >= 4 is 34.0 Å². The zero-order chi connectivity index (χ0) is 15.9. The van der Waals surface area contributed by atoms with E-state index in [0.29, 0.717) is 18.4 Å². The summed E-state index contributed by atoms with van der Waals surface area (Å²) in [4.78, 5) is 27.4. The highest BCUT2D eigenvalue weighted by molar-refractivity contribution is 7.13. The molecule has 1 unspecified atom stereocenters. The van der Waals surface area contributed by atoms with Gasteiger partial charge in [-0.3, -0.25) is 4.79 Å². The Bertz CT molecular complexity index is 643. The van der Waals surface area contributed by atoms with Crippen LogP contribution in [-0.4, -0.2) is 28.0 Å². The van der Waals surface area contributed by atoms with Crippen LogP contribution in [0.2, 0.25) is 0 Å². The molecule has 3 N–H and O–H groups in total. The molecule has 0 radical (unpaired) electrons. The van der Waals surface area contributed by atoms with Crippen LogP contribution in [0.3, 0.4) is 0 Å². The maximum absolute atomic E-state index is 12.2. The number of carbonyl (C=O) groups excluding carboxylic acids is 1. The molecule has 0 bridgehead atoms. The number of hydrogen-bond donors (Lipinski definition) is 3. The van der Waals surface area contributed by atoms with Crippen LogP contribution < -0.4 is 10.6 Å². The first-order valence-electron chi connectivity index (χ1n) is 6.90. The highest BCUT2D eigenvalue weighted by Gasteiger charge is 2.19. The second-order valence-corrected chi connectivity index (χ2v) is 5.59. The van der Waals surface area contributed by atoms with E-state index in [1.54, 1.807) is 24.4 Å². The van der Waals surface area contributed by atoms with Crippen molar-refractivity contribution in [3.05, 3.63) is 41.4 Å². The molecule has 1 amide bonds. The minimum absolute atomic E-state index is 0.399. The van der Waals surface area contributed by atoms with E-state index in [0.717, 1.165) is 10.8 Å². The molecule has 6 nitrogen and oxygen atoms in total. The minimum Gasteiger partial charge on any atom is -0.480 e. The normalized spacial score (nSPS) is 11.7. The van der Waals surface area contributed by atoms with Crippen molar-refractivity contribution in [2.45, 2.75) is 25.8 Å². The van der Waals surface area contributed by atoms with Crippen molar-refractivity contribution in [1.82, 2.24) is 10.3 Å². The van der Waals surface area contributed by atoms with Crippen molar-refractivity contribution in [1.29, 1.82) is 0 Å². The Hall–Kier alpha value is -2.41. The van der Waals surface area contributed by atoms with E-state index >= 15 is 0 Å². The Kier molecular flexibility index (Phi) is 5.48. The monoisotopic (exact) mass is 319 g/mol. The fourth-order valence-corrected chi connectivity index (χ4v) is 2.48. The summed E-state index contributed by atoms with van der Waals surface area (Å²) in [7, 11) is 0. The Balaban J connectivity index is 2.07. The maximum atomic E-state index is 12.2. The van der Waals surface area contributed by atoms with E-state index in [1.807, 2.05) is 18.4 Å². The summed E-state index contributed by atoms with van der Waals surface area (Å²) >= 11 is 1.45. The Morgan fingerprint density at radius 3 is 2.86 bits per heavy atom. The first-order valence-corrected chi connectivity index (χ1v) is 7.78. The third-order valence-corrected chi connectivity index (χ3v) is 3.68. The number of rotatable bonds is 7. The summed E-state index contributed by atoms with van der Waals surface area (Å²) in [6.07, 6.45) is 2.77. The van der Waals surface area contributed by atoms with Gasteiger partial charge in [-0.2, -0.15) is 0 Å². The zero-order valence-electron chi connectivity index (χ0n) is 12.1. The summed E-state index contributed by atoms with van der Waals surface area (Å²) < 4.78 is 0. The molecular formula is C15H17N3O3S. The van der Waals surface area contributed by atoms with E-state index in [2.05, 4.69) is 15.6 Å². The number of nitrogens with one attached hydrogen (secondary N) is 2. The van der Waals surface area contributed by atoms with Gasteiger partial charge in [0.15, 0.2) is 5.13 Å². The molecule has 0 aliphatic heterocycles. The number of aliphatic carboxylic acids is 1. The van der Waals surface area contributed by atoms with Gasteiger partial charge >= 0.3 is 5.97 Å². The second kappa shape index (κ2) is 7.56. The predicted molar refractivity (Wildman–Crippen MR) is 85.6 cm³/mol. The predicted octanol–water partition coefficient (Wildman–Crippen LogP) is 2.87. The molecule has 1 atom stereocenters. The summed E-state index contributed by atoms with van der Waals surface area (Å²) in [5, 5.41) is 17.3. The molecule has 0 spiro atoms. The Morgan fingerprint density at radius 2 is 2.23 bits per heavy atom. The second-order valence-electron chi connectivity index (χ2n) is 4.70. The summed E-state index contributed by atoms with van der Waals surface area (Å²) in [5.74, 6) is -1.42. The quantitative estimate of drug-likeness (QED) is 0.730. The molecule has 0 aliphatic carbocycles. The van der Waals surface area contributed by atoms with Crippen LogP contribution >= 0.6 is 11.3 Å². The topological polar surface area (TPSA) is 91.3 Å². The van der Waals surface area contributed by atoms with Crippen LogP contribution in [0.25, 0.3) is 0 Å². The summed E-state index contributed by atoms with van der Waals surface area (Å²) in [6.45, 7) is 1.88. The average Bonchev–Trinajstić information content (AvgIpc) is 2.99. The lowest BCUT2D eigenvalue weighted by atomic mass is 10.1. The molecular weight excluding hydrogens is 302 g/mol. The van der Waals surface area contributed by atoms with Gasteiger partial charge in [0.05, 0.1) is 0 Å². The zero-order valence-corrected chi connectivity index (χ0v) is 12.9. The maximum Gasteiger partial charge on any atom is 0.326 e.